The molecule has 0 spiro atoms. The number of methoxy groups -OCH3 is 3. The van der Waals surface area contributed by atoms with Crippen LogP contribution in [0.3, 0.4) is 0 Å². The lowest BCUT2D eigenvalue weighted by Gasteiger charge is -2.14. The van der Waals surface area contributed by atoms with E-state index in [0.29, 0.717) is 13.2 Å². The van der Waals surface area contributed by atoms with E-state index in [1.807, 2.05) is 0 Å². The van der Waals surface area contributed by atoms with Gasteiger partial charge >= 0.3 is 0 Å². The van der Waals surface area contributed by atoms with E-state index in [4.69, 9.17) is 14.2 Å². The van der Waals surface area contributed by atoms with Crippen LogP contribution in [-0.4, -0.2) is 53.0 Å². The van der Waals surface area contributed by atoms with Gasteiger partial charge in [0.15, 0.2) is 0 Å². The highest BCUT2D eigenvalue weighted by molar-refractivity contribution is 5.92. The Hall–Kier alpha value is -1.63. The Morgan fingerprint density at radius 2 is 1.90 bits per heavy atom. The van der Waals surface area contributed by atoms with Gasteiger partial charge in [-0.2, -0.15) is 0 Å². The molecule has 0 fully saturated rings. The first-order valence-corrected chi connectivity index (χ1v) is 6.36. The highest BCUT2D eigenvalue weighted by Crippen LogP contribution is 2.14. The average molecular weight is 282 g/mol. The van der Waals surface area contributed by atoms with E-state index in [1.54, 1.807) is 45.6 Å². The number of carbonyl (C=O) groups is 1. The second-order valence-corrected chi connectivity index (χ2v) is 4.22. The lowest BCUT2D eigenvalue weighted by molar-refractivity contribution is -0.115. The molecular formula is C14H22N2O4. The van der Waals surface area contributed by atoms with Crippen molar-refractivity contribution < 1.29 is 19.0 Å². The molecule has 2 N–H and O–H groups in total. The van der Waals surface area contributed by atoms with Gasteiger partial charge in [0.2, 0.25) is 5.91 Å². The van der Waals surface area contributed by atoms with Crippen LogP contribution in [0.1, 0.15) is 0 Å². The molecule has 0 radical (unpaired) electrons. The number of hydrogen-bond acceptors (Lipinski definition) is 5. The molecule has 112 valence electrons. The van der Waals surface area contributed by atoms with E-state index >= 15 is 0 Å². The summed E-state index contributed by atoms with van der Waals surface area (Å²) in [5.74, 6) is 0.645. The van der Waals surface area contributed by atoms with Crippen molar-refractivity contribution in [3.8, 4) is 5.75 Å². The maximum Gasteiger partial charge on any atom is 0.238 e. The van der Waals surface area contributed by atoms with Crippen LogP contribution in [0.15, 0.2) is 24.3 Å². The summed E-state index contributed by atoms with van der Waals surface area (Å²) in [5.41, 5.74) is 0.734. The maximum absolute atomic E-state index is 11.7. The average Bonchev–Trinajstić information content (AvgIpc) is 2.47. The number of hydrogen-bond donors (Lipinski definition) is 2. The molecule has 6 nitrogen and oxygen atoms in total. The predicted molar refractivity (Wildman–Crippen MR) is 77.2 cm³/mol. The van der Waals surface area contributed by atoms with Crippen LogP contribution in [-0.2, 0) is 14.3 Å². The lowest BCUT2D eigenvalue weighted by atomic mass is 10.3. The third-order valence-electron chi connectivity index (χ3n) is 2.72. The predicted octanol–water partition coefficient (Wildman–Crippen LogP) is 0.885. The van der Waals surface area contributed by atoms with Crippen LogP contribution in [0.25, 0.3) is 0 Å². The molecule has 1 aromatic carbocycles. The quantitative estimate of drug-likeness (QED) is 0.704. The van der Waals surface area contributed by atoms with Crippen molar-refractivity contribution in [2.75, 3.05) is 46.3 Å². The van der Waals surface area contributed by atoms with Gasteiger partial charge in [0.25, 0.3) is 0 Å². The summed E-state index contributed by atoms with van der Waals surface area (Å²) in [6.07, 6.45) is -0.0613. The Morgan fingerprint density at radius 1 is 1.20 bits per heavy atom. The Balaban J connectivity index is 2.28. The number of ether oxygens (including phenoxy) is 3. The number of benzene rings is 1. The second-order valence-electron chi connectivity index (χ2n) is 4.22. The van der Waals surface area contributed by atoms with Gasteiger partial charge in [0.1, 0.15) is 5.75 Å². The molecule has 1 amide bonds. The molecule has 6 heteroatoms. The Labute approximate surface area is 119 Å². The monoisotopic (exact) mass is 282 g/mol. The molecule has 20 heavy (non-hydrogen) atoms. The fourth-order valence-electron chi connectivity index (χ4n) is 1.62. The van der Waals surface area contributed by atoms with Crippen molar-refractivity contribution in [2.24, 2.45) is 0 Å². The van der Waals surface area contributed by atoms with Crippen LogP contribution in [0.2, 0.25) is 0 Å². The van der Waals surface area contributed by atoms with Crippen LogP contribution in [0.4, 0.5) is 5.69 Å². The minimum Gasteiger partial charge on any atom is -0.497 e. The molecular weight excluding hydrogens is 260 g/mol. The first-order chi connectivity index (χ1) is 9.69. The summed E-state index contributed by atoms with van der Waals surface area (Å²) in [4.78, 5) is 11.7. The Bertz CT molecular complexity index is 395. The fraction of sp³-hybridized carbons (Fsp3) is 0.500. The highest BCUT2D eigenvalue weighted by atomic mass is 16.5. The zero-order valence-electron chi connectivity index (χ0n) is 12.1. The van der Waals surface area contributed by atoms with Gasteiger partial charge in [0.05, 0.1) is 26.4 Å². The van der Waals surface area contributed by atoms with Crippen molar-refractivity contribution >= 4 is 11.6 Å². The molecule has 1 unspecified atom stereocenters. The molecule has 0 heterocycles. The molecule has 0 aromatic heterocycles. The molecule has 0 aliphatic rings. The molecule has 1 aromatic rings. The van der Waals surface area contributed by atoms with Crippen LogP contribution < -0.4 is 15.4 Å². The minimum absolute atomic E-state index is 0.0613. The van der Waals surface area contributed by atoms with Gasteiger partial charge in [-0.05, 0) is 24.3 Å². The SMILES string of the molecule is COCC(CNCC(=O)Nc1ccc(OC)cc1)OC. The summed E-state index contributed by atoms with van der Waals surface area (Å²) in [6.45, 7) is 1.26. The lowest BCUT2D eigenvalue weighted by Crippen LogP contribution is -2.36. The standard InChI is InChI=1S/C14H22N2O4/c1-18-10-13(20-3)8-15-9-14(17)16-11-4-6-12(19-2)7-5-11/h4-7,13,15H,8-10H2,1-3H3,(H,16,17). The van der Waals surface area contributed by atoms with E-state index in [0.717, 1.165) is 11.4 Å². The topological polar surface area (TPSA) is 68.8 Å². The van der Waals surface area contributed by atoms with E-state index in [1.165, 1.54) is 0 Å². The molecule has 0 saturated heterocycles. The maximum atomic E-state index is 11.7. The summed E-state index contributed by atoms with van der Waals surface area (Å²) in [6, 6.07) is 7.17. The second kappa shape index (κ2) is 9.30. The molecule has 1 rings (SSSR count). The van der Waals surface area contributed by atoms with E-state index in [9.17, 15) is 4.79 Å². The van der Waals surface area contributed by atoms with Crippen LogP contribution in [0, 0.1) is 0 Å². The summed E-state index contributed by atoms with van der Waals surface area (Å²) >= 11 is 0. The first-order valence-electron chi connectivity index (χ1n) is 6.36. The van der Waals surface area contributed by atoms with Gasteiger partial charge in [-0.3, -0.25) is 4.79 Å². The normalized spacial score (nSPS) is 11.9. The third kappa shape index (κ3) is 6.01. The molecule has 0 saturated carbocycles. The number of rotatable bonds is 9. The summed E-state index contributed by atoms with van der Waals surface area (Å²) in [5, 5.41) is 5.81. The van der Waals surface area contributed by atoms with Gasteiger partial charge in [-0.15, -0.1) is 0 Å². The Kier molecular flexibility index (Phi) is 7.64. The Morgan fingerprint density at radius 3 is 2.45 bits per heavy atom. The van der Waals surface area contributed by atoms with Crippen molar-refractivity contribution in [3.05, 3.63) is 24.3 Å². The highest BCUT2D eigenvalue weighted by Gasteiger charge is 2.08. The van der Waals surface area contributed by atoms with E-state index < -0.39 is 0 Å². The zero-order chi connectivity index (χ0) is 14.8. The molecule has 1 atom stereocenters. The molecule has 0 aliphatic heterocycles. The van der Waals surface area contributed by atoms with E-state index in [-0.39, 0.29) is 18.6 Å². The van der Waals surface area contributed by atoms with Crippen LogP contribution in [0.5, 0.6) is 5.75 Å². The van der Waals surface area contributed by atoms with Crippen molar-refractivity contribution in [2.45, 2.75) is 6.10 Å². The third-order valence-corrected chi connectivity index (χ3v) is 2.72. The summed E-state index contributed by atoms with van der Waals surface area (Å²) in [7, 11) is 4.83. The van der Waals surface area contributed by atoms with Crippen LogP contribution >= 0.6 is 0 Å². The number of anilines is 1. The first kappa shape index (κ1) is 16.4. The van der Waals surface area contributed by atoms with Gasteiger partial charge < -0.3 is 24.8 Å². The molecule has 0 aliphatic carbocycles. The van der Waals surface area contributed by atoms with Gasteiger partial charge in [-0.1, -0.05) is 0 Å². The number of amides is 1. The number of nitrogens with one attached hydrogen (secondary N) is 2. The van der Waals surface area contributed by atoms with Crippen molar-refractivity contribution in [1.82, 2.24) is 5.32 Å². The van der Waals surface area contributed by atoms with Gasteiger partial charge in [-0.25, -0.2) is 0 Å². The van der Waals surface area contributed by atoms with E-state index in [2.05, 4.69) is 10.6 Å². The zero-order valence-corrected chi connectivity index (χ0v) is 12.1. The number of carbonyl (C=O) groups excluding carboxylic acids is 1. The largest absolute Gasteiger partial charge is 0.497 e. The summed E-state index contributed by atoms with van der Waals surface area (Å²) < 4.78 is 15.2. The van der Waals surface area contributed by atoms with Gasteiger partial charge in [0, 0.05) is 26.5 Å². The van der Waals surface area contributed by atoms with Crippen molar-refractivity contribution in [1.29, 1.82) is 0 Å². The molecule has 0 bridgehead atoms. The minimum atomic E-state index is -0.109. The van der Waals surface area contributed by atoms with Crippen molar-refractivity contribution in [3.63, 3.8) is 0 Å². The fourth-order valence-corrected chi connectivity index (χ4v) is 1.62. The smallest absolute Gasteiger partial charge is 0.238 e.